The molecule has 114 valence electrons. The van der Waals surface area contributed by atoms with Crippen LogP contribution in [0, 0.1) is 18.7 Å². The van der Waals surface area contributed by atoms with Crippen LogP contribution in [0.4, 0.5) is 10.1 Å². The van der Waals surface area contributed by atoms with E-state index in [1.165, 1.54) is 6.92 Å². The van der Waals surface area contributed by atoms with Crippen molar-refractivity contribution in [1.29, 1.82) is 0 Å². The fourth-order valence-electron chi connectivity index (χ4n) is 1.60. The predicted octanol–water partition coefficient (Wildman–Crippen LogP) is 1.67. The monoisotopic (exact) mass is 304 g/mol. The Morgan fingerprint density at radius 1 is 1.40 bits per heavy atom. The number of nitrogen functional groups attached to an aromatic ring is 1. The van der Waals surface area contributed by atoms with Gasteiger partial charge in [0.05, 0.1) is 17.2 Å². The third-order valence-electron chi connectivity index (χ3n) is 2.57. The highest BCUT2D eigenvalue weighted by Crippen LogP contribution is 2.21. The van der Waals surface area contributed by atoms with Gasteiger partial charge in [-0.3, -0.25) is 0 Å². The number of aryl methyl sites for hydroxylation is 1. The van der Waals surface area contributed by atoms with E-state index in [1.807, 2.05) is 13.8 Å². The van der Waals surface area contributed by atoms with Gasteiger partial charge in [0.15, 0.2) is 0 Å². The Morgan fingerprint density at radius 3 is 2.65 bits per heavy atom. The molecule has 1 aromatic carbocycles. The van der Waals surface area contributed by atoms with Crippen molar-refractivity contribution in [1.82, 2.24) is 4.72 Å². The molecule has 7 heteroatoms. The van der Waals surface area contributed by atoms with E-state index in [1.54, 1.807) is 0 Å². The molecule has 5 nitrogen and oxygen atoms in total. The molecule has 0 aliphatic heterocycles. The zero-order chi connectivity index (χ0) is 15.3. The first kappa shape index (κ1) is 16.9. The summed E-state index contributed by atoms with van der Waals surface area (Å²) in [5.74, 6) is -0.229. The maximum atomic E-state index is 13.2. The van der Waals surface area contributed by atoms with Gasteiger partial charge in [0, 0.05) is 13.2 Å². The average Bonchev–Trinajstić information content (AvgIpc) is 2.32. The zero-order valence-corrected chi connectivity index (χ0v) is 12.8. The third-order valence-corrected chi connectivity index (χ3v) is 4.18. The first-order valence-electron chi connectivity index (χ1n) is 6.37. The third kappa shape index (κ3) is 4.73. The maximum Gasteiger partial charge on any atom is 0.240 e. The van der Waals surface area contributed by atoms with Crippen molar-refractivity contribution in [3.63, 3.8) is 0 Å². The number of hydrogen-bond acceptors (Lipinski definition) is 4. The second-order valence-electron chi connectivity index (χ2n) is 5.01. The smallest absolute Gasteiger partial charge is 0.240 e. The lowest BCUT2D eigenvalue weighted by Gasteiger charge is -2.11. The summed E-state index contributed by atoms with van der Waals surface area (Å²) in [6.07, 6.45) is 0. The Kier molecular flexibility index (Phi) is 5.91. The van der Waals surface area contributed by atoms with Crippen molar-refractivity contribution in [2.75, 3.05) is 25.5 Å². The number of hydrogen-bond donors (Lipinski definition) is 2. The molecule has 0 aliphatic rings. The van der Waals surface area contributed by atoms with Crippen LogP contribution in [0.3, 0.4) is 0 Å². The highest BCUT2D eigenvalue weighted by atomic mass is 32.2. The second-order valence-corrected chi connectivity index (χ2v) is 6.74. The molecule has 1 aromatic rings. The number of sulfonamides is 1. The van der Waals surface area contributed by atoms with Crippen LogP contribution in [0.2, 0.25) is 0 Å². The van der Waals surface area contributed by atoms with E-state index in [-0.39, 0.29) is 23.7 Å². The van der Waals surface area contributed by atoms with Gasteiger partial charge in [-0.05, 0) is 30.5 Å². The molecule has 0 radical (unpaired) electrons. The minimum absolute atomic E-state index is 0.0136. The lowest BCUT2D eigenvalue weighted by atomic mass is 10.2. The number of anilines is 1. The van der Waals surface area contributed by atoms with Gasteiger partial charge in [0.25, 0.3) is 0 Å². The Balaban J connectivity index is 2.68. The summed E-state index contributed by atoms with van der Waals surface area (Å²) >= 11 is 0. The number of ether oxygens (including phenoxy) is 1. The Labute approximate surface area is 119 Å². The Hall–Kier alpha value is -1.18. The van der Waals surface area contributed by atoms with E-state index in [9.17, 15) is 12.8 Å². The molecule has 0 atom stereocenters. The van der Waals surface area contributed by atoms with E-state index in [0.29, 0.717) is 18.1 Å². The van der Waals surface area contributed by atoms with Crippen molar-refractivity contribution in [2.45, 2.75) is 25.7 Å². The van der Waals surface area contributed by atoms with E-state index >= 15 is 0 Å². The van der Waals surface area contributed by atoms with Crippen LogP contribution < -0.4 is 10.5 Å². The summed E-state index contributed by atoms with van der Waals surface area (Å²) < 4.78 is 45.0. The van der Waals surface area contributed by atoms with E-state index in [0.717, 1.165) is 12.1 Å². The average molecular weight is 304 g/mol. The number of nitrogens with one attached hydrogen (secondary N) is 1. The van der Waals surface area contributed by atoms with Gasteiger partial charge < -0.3 is 10.5 Å². The molecular weight excluding hydrogens is 283 g/mol. The molecule has 0 aromatic heterocycles. The van der Waals surface area contributed by atoms with Gasteiger partial charge >= 0.3 is 0 Å². The van der Waals surface area contributed by atoms with E-state index < -0.39 is 15.8 Å². The quantitative estimate of drug-likeness (QED) is 0.593. The number of nitrogens with two attached hydrogens (primary N) is 1. The maximum absolute atomic E-state index is 13.2. The molecule has 20 heavy (non-hydrogen) atoms. The minimum atomic E-state index is -3.71. The molecule has 3 N–H and O–H groups in total. The largest absolute Gasteiger partial charge is 0.396 e. The lowest BCUT2D eigenvalue weighted by Crippen LogP contribution is -2.28. The topological polar surface area (TPSA) is 81.4 Å². The zero-order valence-electron chi connectivity index (χ0n) is 11.9. The standard InChI is InChI=1S/C13H21FN2O3S/c1-9(2)8-19-5-4-16-20(17,18)13-7-12(15)11(14)6-10(13)3/h6-7,9,16H,4-5,8,15H2,1-3H3. The summed E-state index contributed by atoms with van der Waals surface area (Å²) in [5.41, 5.74) is 5.53. The number of rotatable bonds is 7. The molecule has 0 aliphatic carbocycles. The van der Waals surface area contributed by atoms with E-state index in [2.05, 4.69) is 4.72 Å². The Bertz CT molecular complexity index is 559. The first-order chi connectivity index (χ1) is 9.24. The molecule has 0 amide bonds. The van der Waals surface area contributed by atoms with Crippen molar-refractivity contribution in [3.8, 4) is 0 Å². The number of benzene rings is 1. The molecule has 1 rings (SSSR count). The molecule has 0 unspecified atom stereocenters. The van der Waals surface area contributed by atoms with Crippen LogP contribution in [0.1, 0.15) is 19.4 Å². The van der Waals surface area contributed by atoms with Gasteiger partial charge in [-0.15, -0.1) is 0 Å². The van der Waals surface area contributed by atoms with E-state index in [4.69, 9.17) is 10.5 Å². The van der Waals surface area contributed by atoms with Crippen LogP contribution >= 0.6 is 0 Å². The highest BCUT2D eigenvalue weighted by Gasteiger charge is 2.18. The summed E-state index contributed by atoms with van der Waals surface area (Å²) in [6.45, 7) is 6.55. The molecule has 0 saturated carbocycles. The van der Waals surface area contributed by atoms with Gasteiger partial charge in [-0.1, -0.05) is 13.8 Å². The molecular formula is C13H21FN2O3S. The van der Waals surface area contributed by atoms with Crippen molar-refractivity contribution >= 4 is 15.7 Å². The van der Waals surface area contributed by atoms with Crippen molar-refractivity contribution in [2.24, 2.45) is 5.92 Å². The Morgan fingerprint density at radius 2 is 2.05 bits per heavy atom. The fraction of sp³-hybridized carbons (Fsp3) is 0.538. The van der Waals surface area contributed by atoms with Gasteiger partial charge in [0.2, 0.25) is 10.0 Å². The summed E-state index contributed by atoms with van der Waals surface area (Å²) in [5, 5.41) is 0. The molecule has 0 fully saturated rings. The summed E-state index contributed by atoms with van der Waals surface area (Å²) in [4.78, 5) is -0.0136. The highest BCUT2D eigenvalue weighted by molar-refractivity contribution is 7.89. The second kappa shape index (κ2) is 7.01. The van der Waals surface area contributed by atoms with Gasteiger partial charge in [-0.25, -0.2) is 17.5 Å². The fourth-order valence-corrected chi connectivity index (χ4v) is 2.88. The number of halogens is 1. The molecule has 0 saturated heterocycles. The predicted molar refractivity (Wildman–Crippen MR) is 76.4 cm³/mol. The molecule has 0 heterocycles. The van der Waals surface area contributed by atoms with Gasteiger partial charge in [0.1, 0.15) is 5.82 Å². The van der Waals surface area contributed by atoms with Crippen LogP contribution in [0.15, 0.2) is 17.0 Å². The molecule has 0 bridgehead atoms. The van der Waals surface area contributed by atoms with Crippen LogP contribution in [-0.4, -0.2) is 28.2 Å². The summed E-state index contributed by atoms with van der Waals surface area (Å²) in [7, 11) is -3.71. The van der Waals surface area contributed by atoms with Crippen molar-refractivity contribution < 1.29 is 17.5 Å². The summed E-state index contributed by atoms with van der Waals surface area (Å²) in [6, 6.07) is 2.24. The normalized spacial score (nSPS) is 12.1. The van der Waals surface area contributed by atoms with Gasteiger partial charge in [-0.2, -0.15) is 0 Å². The SMILES string of the molecule is Cc1cc(F)c(N)cc1S(=O)(=O)NCCOCC(C)C. The van der Waals surface area contributed by atoms with Crippen molar-refractivity contribution in [3.05, 3.63) is 23.5 Å². The van der Waals surface area contributed by atoms with Crippen LogP contribution in [0.5, 0.6) is 0 Å². The lowest BCUT2D eigenvalue weighted by molar-refractivity contribution is 0.114. The molecule has 0 spiro atoms. The first-order valence-corrected chi connectivity index (χ1v) is 7.85. The van der Waals surface area contributed by atoms with Crippen LogP contribution in [0.25, 0.3) is 0 Å². The van der Waals surface area contributed by atoms with Crippen LogP contribution in [-0.2, 0) is 14.8 Å². The minimum Gasteiger partial charge on any atom is -0.396 e.